The number of rotatable bonds is 8. The summed E-state index contributed by atoms with van der Waals surface area (Å²) in [7, 11) is 0. The minimum absolute atomic E-state index is 0.220. The third kappa shape index (κ3) is 3.67. The normalized spacial score (nSPS) is 12.7. The average molecular weight is 381 g/mol. The van der Waals surface area contributed by atoms with Crippen LogP contribution in [0.4, 0.5) is 0 Å². The lowest BCUT2D eigenvalue weighted by Crippen LogP contribution is -2.19. The van der Waals surface area contributed by atoms with Gasteiger partial charge < -0.3 is 10.2 Å². The Morgan fingerprint density at radius 3 is 2.64 bits per heavy atom. The van der Waals surface area contributed by atoms with E-state index < -0.39 is 6.10 Å². The summed E-state index contributed by atoms with van der Waals surface area (Å²) in [5.74, 6) is 0. The predicted molar refractivity (Wildman–Crippen MR) is 103 cm³/mol. The van der Waals surface area contributed by atoms with Crippen LogP contribution in [0.25, 0.3) is 28.0 Å². The van der Waals surface area contributed by atoms with Crippen LogP contribution in [0.3, 0.4) is 0 Å². The molecule has 4 heterocycles. The summed E-state index contributed by atoms with van der Waals surface area (Å²) in [6.45, 7) is 2.95. The lowest BCUT2D eigenvalue weighted by Gasteiger charge is -2.06. The molecule has 0 spiro atoms. The van der Waals surface area contributed by atoms with Crippen molar-refractivity contribution < 1.29 is 10.2 Å². The van der Waals surface area contributed by atoms with Crippen molar-refractivity contribution in [2.45, 2.75) is 39.0 Å². The monoisotopic (exact) mass is 381 g/mol. The Morgan fingerprint density at radius 2 is 1.82 bits per heavy atom. The van der Waals surface area contributed by atoms with Crippen LogP contribution < -0.4 is 0 Å². The molecule has 28 heavy (non-hydrogen) atoms. The van der Waals surface area contributed by atoms with E-state index in [9.17, 15) is 5.11 Å². The van der Waals surface area contributed by atoms with E-state index in [2.05, 4.69) is 22.2 Å². The summed E-state index contributed by atoms with van der Waals surface area (Å²) in [6, 6.07) is 1.93. The van der Waals surface area contributed by atoms with E-state index >= 15 is 0 Å². The molecule has 4 rings (SSSR count). The van der Waals surface area contributed by atoms with Crippen molar-refractivity contribution in [3.8, 4) is 22.5 Å². The topological polar surface area (TPSA) is 106 Å². The Hall–Kier alpha value is -3.04. The second-order valence-electron chi connectivity index (χ2n) is 6.77. The van der Waals surface area contributed by atoms with Gasteiger partial charge in [0.25, 0.3) is 0 Å². The molecular formula is C19H23N7O2. The summed E-state index contributed by atoms with van der Waals surface area (Å²) in [4.78, 5) is 4.84. The highest BCUT2D eigenvalue weighted by molar-refractivity contribution is 5.78. The van der Waals surface area contributed by atoms with E-state index in [1.807, 2.05) is 29.3 Å². The molecule has 4 aromatic rings. The number of nitrogens with zero attached hydrogens (tertiary/aromatic N) is 7. The number of hydrogen-bond acceptors (Lipinski definition) is 6. The molecule has 4 aromatic heterocycles. The maximum Gasteiger partial charge on any atom is 0.0999 e. The molecule has 0 saturated carbocycles. The van der Waals surface area contributed by atoms with Crippen LogP contribution in [0.1, 0.15) is 19.8 Å². The number of unbranched alkanes of at least 4 members (excludes halogenated alkanes) is 1. The van der Waals surface area contributed by atoms with Gasteiger partial charge in [-0.15, -0.1) is 0 Å². The van der Waals surface area contributed by atoms with Crippen molar-refractivity contribution in [3.05, 3.63) is 43.2 Å². The second-order valence-corrected chi connectivity index (χ2v) is 6.77. The second kappa shape index (κ2) is 7.91. The van der Waals surface area contributed by atoms with Gasteiger partial charge >= 0.3 is 0 Å². The maximum absolute atomic E-state index is 9.61. The summed E-state index contributed by atoms with van der Waals surface area (Å²) >= 11 is 0. The van der Waals surface area contributed by atoms with Gasteiger partial charge in [0.15, 0.2) is 0 Å². The first-order chi connectivity index (χ1) is 13.7. The molecule has 0 aromatic carbocycles. The minimum atomic E-state index is -0.848. The van der Waals surface area contributed by atoms with E-state index in [-0.39, 0.29) is 13.2 Å². The molecule has 146 valence electrons. The van der Waals surface area contributed by atoms with Gasteiger partial charge in [-0.2, -0.15) is 15.3 Å². The number of aryl methyl sites for hydroxylation is 1. The van der Waals surface area contributed by atoms with Gasteiger partial charge in [0.2, 0.25) is 0 Å². The Kier molecular flexibility index (Phi) is 5.18. The van der Waals surface area contributed by atoms with Crippen molar-refractivity contribution in [3.63, 3.8) is 0 Å². The molecule has 9 nitrogen and oxygen atoms in total. The summed E-state index contributed by atoms with van der Waals surface area (Å²) in [5, 5.41) is 31.7. The molecule has 1 atom stereocenters. The van der Waals surface area contributed by atoms with Gasteiger partial charge in [-0.05, 0) is 12.5 Å². The first kappa shape index (κ1) is 18.3. The zero-order valence-electron chi connectivity index (χ0n) is 15.7. The molecule has 0 aliphatic rings. The highest BCUT2D eigenvalue weighted by Gasteiger charge is 2.14. The van der Waals surface area contributed by atoms with Crippen molar-refractivity contribution in [1.29, 1.82) is 0 Å². The highest BCUT2D eigenvalue weighted by atomic mass is 16.3. The average Bonchev–Trinajstić information content (AvgIpc) is 3.45. The number of fused-ring (bicyclic) bond motifs is 1. The van der Waals surface area contributed by atoms with Crippen LogP contribution in [0.2, 0.25) is 0 Å². The standard InChI is InChI=1S/C19H23N7O2/c1-2-3-6-24-10-15(8-21-24)19-18-4-5-20-26(18)12-17(23-19)14-7-22-25(9-14)11-16(28)13-27/h4-5,7-10,12,16,27-28H,2-3,6,11,13H2,1H3. The fourth-order valence-corrected chi connectivity index (χ4v) is 3.08. The van der Waals surface area contributed by atoms with Crippen molar-refractivity contribution >= 4 is 5.52 Å². The lowest BCUT2D eigenvalue weighted by atomic mass is 10.2. The third-order valence-corrected chi connectivity index (χ3v) is 4.57. The molecule has 0 radical (unpaired) electrons. The Bertz CT molecular complexity index is 1070. The number of hydrogen-bond donors (Lipinski definition) is 2. The van der Waals surface area contributed by atoms with Crippen LogP contribution in [0, 0.1) is 0 Å². The molecule has 0 fully saturated rings. The number of aliphatic hydroxyl groups excluding tert-OH is 2. The third-order valence-electron chi connectivity index (χ3n) is 4.57. The molecular weight excluding hydrogens is 358 g/mol. The maximum atomic E-state index is 9.61. The number of aromatic nitrogens is 7. The van der Waals surface area contributed by atoms with Gasteiger partial charge in [-0.25, -0.2) is 9.50 Å². The fraction of sp³-hybridized carbons (Fsp3) is 0.368. The number of aliphatic hydroxyl groups is 2. The fourth-order valence-electron chi connectivity index (χ4n) is 3.08. The lowest BCUT2D eigenvalue weighted by molar-refractivity contribution is 0.0783. The molecule has 0 saturated heterocycles. The molecule has 2 N–H and O–H groups in total. The predicted octanol–water partition coefficient (Wildman–Crippen LogP) is 1.61. The van der Waals surface area contributed by atoms with Gasteiger partial charge in [0, 0.05) is 30.1 Å². The zero-order valence-corrected chi connectivity index (χ0v) is 15.7. The molecule has 0 aliphatic heterocycles. The van der Waals surface area contributed by atoms with Crippen molar-refractivity contribution in [2.24, 2.45) is 0 Å². The van der Waals surface area contributed by atoms with E-state index in [0.717, 1.165) is 47.4 Å². The van der Waals surface area contributed by atoms with Crippen LogP contribution in [0.15, 0.2) is 43.2 Å². The van der Waals surface area contributed by atoms with Crippen molar-refractivity contribution in [2.75, 3.05) is 6.61 Å². The van der Waals surface area contributed by atoms with E-state index in [1.54, 1.807) is 27.8 Å². The smallest absolute Gasteiger partial charge is 0.0999 e. The minimum Gasteiger partial charge on any atom is -0.394 e. The largest absolute Gasteiger partial charge is 0.394 e. The van der Waals surface area contributed by atoms with E-state index in [1.165, 1.54) is 0 Å². The Labute approximate surface area is 161 Å². The SMILES string of the molecule is CCCCn1cc(-c2nc(-c3cnn(CC(O)CO)c3)cn3nccc23)cn1. The van der Waals surface area contributed by atoms with Crippen molar-refractivity contribution in [1.82, 2.24) is 34.2 Å². The van der Waals surface area contributed by atoms with Gasteiger partial charge in [-0.3, -0.25) is 9.36 Å². The van der Waals surface area contributed by atoms with Crippen LogP contribution in [-0.4, -0.2) is 57.1 Å². The summed E-state index contributed by atoms with van der Waals surface area (Å²) < 4.78 is 5.32. The van der Waals surface area contributed by atoms with Crippen LogP contribution in [-0.2, 0) is 13.1 Å². The van der Waals surface area contributed by atoms with Gasteiger partial charge in [0.1, 0.15) is 0 Å². The Morgan fingerprint density at radius 1 is 1.04 bits per heavy atom. The molecule has 1 unspecified atom stereocenters. The first-order valence-corrected chi connectivity index (χ1v) is 9.37. The molecule has 9 heteroatoms. The van der Waals surface area contributed by atoms with Crippen LogP contribution >= 0.6 is 0 Å². The first-order valence-electron chi connectivity index (χ1n) is 9.37. The molecule has 0 aliphatic carbocycles. The Balaban J connectivity index is 1.70. The van der Waals surface area contributed by atoms with E-state index in [0.29, 0.717) is 0 Å². The van der Waals surface area contributed by atoms with Gasteiger partial charge in [0.05, 0.1) is 60.9 Å². The summed E-state index contributed by atoms with van der Waals surface area (Å²) in [5.41, 5.74) is 4.17. The zero-order chi connectivity index (χ0) is 19.5. The molecule has 0 bridgehead atoms. The quantitative estimate of drug-likeness (QED) is 0.480. The van der Waals surface area contributed by atoms with Crippen LogP contribution in [0.5, 0.6) is 0 Å². The van der Waals surface area contributed by atoms with E-state index in [4.69, 9.17) is 10.1 Å². The summed E-state index contributed by atoms with van der Waals surface area (Å²) in [6.07, 6.45) is 12.3. The van der Waals surface area contributed by atoms with Gasteiger partial charge in [-0.1, -0.05) is 13.3 Å². The highest BCUT2D eigenvalue weighted by Crippen LogP contribution is 2.26. The molecule has 0 amide bonds.